The summed E-state index contributed by atoms with van der Waals surface area (Å²) in [4.78, 5) is 13.4. The van der Waals surface area contributed by atoms with Crippen LogP contribution in [0.2, 0.25) is 5.02 Å². The van der Waals surface area contributed by atoms with Crippen LogP contribution < -0.4 is 0 Å². The largest absolute Gasteiger partial charge is 0.504 e. The predicted octanol–water partition coefficient (Wildman–Crippen LogP) is 2.15. The molecule has 1 aromatic carbocycles. The molecule has 0 bridgehead atoms. The van der Waals surface area contributed by atoms with Gasteiger partial charge in [0.1, 0.15) is 5.69 Å². The molecule has 0 aliphatic carbocycles. The van der Waals surface area contributed by atoms with Gasteiger partial charge in [-0.05, 0) is 12.1 Å². The number of amides is 1. The molecule has 0 spiro atoms. The third kappa shape index (κ3) is 2.42. The van der Waals surface area contributed by atoms with E-state index in [-0.39, 0.29) is 17.4 Å². The van der Waals surface area contributed by atoms with Gasteiger partial charge in [-0.3, -0.25) is 9.48 Å². The topological polar surface area (TPSA) is 58.4 Å². The highest BCUT2D eigenvalue weighted by atomic mass is 35.5. The molecule has 0 saturated heterocycles. The molecule has 2 aromatic rings. The lowest BCUT2D eigenvalue weighted by molar-refractivity contribution is 0.0814. The molecule has 0 fully saturated rings. The highest BCUT2D eigenvalue weighted by molar-refractivity contribution is 6.30. The van der Waals surface area contributed by atoms with Crippen LogP contribution in [-0.4, -0.2) is 39.8 Å². The predicted molar refractivity (Wildman–Crippen MR) is 73.3 cm³/mol. The van der Waals surface area contributed by atoms with Crippen LogP contribution in [0, 0.1) is 0 Å². The molecule has 6 heteroatoms. The van der Waals surface area contributed by atoms with Gasteiger partial charge in [-0.2, -0.15) is 5.10 Å². The van der Waals surface area contributed by atoms with Gasteiger partial charge in [0.15, 0.2) is 11.4 Å². The van der Waals surface area contributed by atoms with Gasteiger partial charge < -0.3 is 10.0 Å². The van der Waals surface area contributed by atoms with Gasteiger partial charge in [0.05, 0.1) is 0 Å². The molecule has 2 rings (SSSR count). The normalized spacial score (nSPS) is 10.5. The van der Waals surface area contributed by atoms with Gasteiger partial charge in [0, 0.05) is 31.7 Å². The molecule has 0 radical (unpaired) electrons. The Balaban J connectivity index is 2.53. The zero-order valence-electron chi connectivity index (χ0n) is 10.9. The van der Waals surface area contributed by atoms with E-state index in [9.17, 15) is 9.90 Å². The fraction of sp³-hybridized carbons (Fsp3) is 0.231. The van der Waals surface area contributed by atoms with Crippen molar-refractivity contribution < 1.29 is 9.90 Å². The zero-order valence-corrected chi connectivity index (χ0v) is 11.6. The highest BCUT2D eigenvalue weighted by Crippen LogP contribution is 2.32. The molecule has 5 nitrogen and oxygen atoms in total. The highest BCUT2D eigenvalue weighted by Gasteiger charge is 2.23. The van der Waals surface area contributed by atoms with Crippen molar-refractivity contribution in [1.29, 1.82) is 0 Å². The van der Waals surface area contributed by atoms with E-state index in [1.165, 1.54) is 9.58 Å². The Morgan fingerprint density at radius 2 is 1.89 bits per heavy atom. The molecule has 0 saturated carbocycles. The van der Waals surface area contributed by atoms with E-state index < -0.39 is 0 Å². The first-order valence-corrected chi connectivity index (χ1v) is 6.03. The molecule has 1 heterocycles. The summed E-state index contributed by atoms with van der Waals surface area (Å²) in [6.07, 6.45) is 0. The second kappa shape index (κ2) is 4.93. The van der Waals surface area contributed by atoms with Crippen molar-refractivity contribution in [3.8, 4) is 17.0 Å². The van der Waals surface area contributed by atoms with E-state index in [1.807, 2.05) is 0 Å². The average Bonchev–Trinajstić information content (AvgIpc) is 2.65. The van der Waals surface area contributed by atoms with Crippen molar-refractivity contribution in [2.24, 2.45) is 7.05 Å². The third-order valence-corrected chi connectivity index (χ3v) is 3.00. The van der Waals surface area contributed by atoms with Gasteiger partial charge in [0.25, 0.3) is 5.91 Å². The molecule has 0 aliphatic rings. The lowest BCUT2D eigenvalue weighted by Crippen LogP contribution is -2.24. The number of nitrogens with zero attached hydrogens (tertiary/aromatic N) is 3. The van der Waals surface area contributed by atoms with Crippen molar-refractivity contribution in [2.45, 2.75) is 0 Å². The van der Waals surface area contributed by atoms with E-state index >= 15 is 0 Å². The maximum atomic E-state index is 12.0. The molecule has 1 amide bonds. The number of rotatable bonds is 2. The first-order valence-electron chi connectivity index (χ1n) is 5.65. The van der Waals surface area contributed by atoms with Crippen LogP contribution >= 0.6 is 11.6 Å². The van der Waals surface area contributed by atoms with Gasteiger partial charge in [-0.15, -0.1) is 0 Å². The Labute approximate surface area is 116 Å². The number of carbonyl (C=O) groups excluding carboxylic acids is 1. The maximum absolute atomic E-state index is 12.0. The zero-order chi connectivity index (χ0) is 14.2. The van der Waals surface area contributed by atoms with E-state index in [0.717, 1.165) is 0 Å². The van der Waals surface area contributed by atoms with Crippen LogP contribution in [0.25, 0.3) is 11.3 Å². The maximum Gasteiger partial charge on any atom is 0.275 e. The van der Waals surface area contributed by atoms with Crippen LogP contribution in [0.4, 0.5) is 0 Å². The second-order valence-corrected chi connectivity index (χ2v) is 4.81. The Kier molecular flexibility index (Phi) is 3.48. The first-order chi connectivity index (χ1) is 8.91. The number of hydrogen-bond donors (Lipinski definition) is 1. The summed E-state index contributed by atoms with van der Waals surface area (Å²) in [6.45, 7) is 0. The Hall–Kier alpha value is -2.01. The summed E-state index contributed by atoms with van der Waals surface area (Å²) < 4.78 is 1.38. The Morgan fingerprint density at radius 3 is 2.42 bits per heavy atom. The summed E-state index contributed by atoms with van der Waals surface area (Å²) in [5, 5.41) is 15.0. The molecule has 0 aliphatic heterocycles. The van der Waals surface area contributed by atoms with Crippen LogP contribution in [0.5, 0.6) is 5.75 Å². The van der Waals surface area contributed by atoms with E-state index in [2.05, 4.69) is 5.10 Å². The minimum absolute atomic E-state index is 0.122. The van der Waals surface area contributed by atoms with Crippen molar-refractivity contribution in [3.05, 3.63) is 35.0 Å². The van der Waals surface area contributed by atoms with Crippen molar-refractivity contribution in [1.82, 2.24) is 14.7 Å². The van der Waals surface area contributed by atoms with Crippen LogP contribution in [-0.2, 0) is 7.05 Å². The molecule has 100 valence electrons. The van der Waals surface area contributed by atoms with Gasteiger partial charge in [0.2, 0.25) is 0 Å². The molecule has 0 unspecified atom stereocenters. The van der Waals surface area contributed by atoms with Crippen molar-refractivity contribution in [3.63, 3.8) is 0 Å². The van der Waals surface area contributed by atoms with Gasteiger partial charge in [-0.1, -0.05) is 23.7 Å². The second-order valence-electron chi connectivity index (χ2n) is 4.38. The minimum atomic E-state index is -0.298. The van der Waals surface area contributed by atoms with Crippen LogP contribution in [0.1, 0.15) is 10.5 Å². The molecule has 1 aromatic heterocycles. The summed E-state index contributed by atoms with van der Waals surface area (Å²) in [5.41, 5.74) is 1.23. The number of halogens is 1. The first kappa shape index (κ1) is 13.4. The van der Waals surface area contributed by atoms with Crippen molar-refractivity contribution >= 4 is 17.5 Å². The van der Waals surface area contributed by atoms with Gasteiger partial charge in [-0.25, -0.2) is 0 Å². The Bertz CT molecular complexity index is 618. The molecule has 19 heavy (non-hydrogen) atoms. The number of aryl methyl sites for hydroxylation is 1. The van der Waals surface area contributed by atoms with E-state index in [0.29, 0.717) is 16.3 Å². The third-order valence-electron chi connectivity index (χ3n) is 2.75. The molecular formula is C13H14ClN3O2. The van der Waals surface area contributed by atoms with E-state index in [1.54, 1.807) is 45.4 Å². The van der Waals surface area contributed by atoms with Gasteiger partial charge >= 0.3 is 0 Å². The molecule has 0 atom stereocenters. The number of aromatic nitrogens is 2. The quantitative estimate of drug-likeness (QED) is 0.916. The summed E-state index contributed by atoms with van der Waals surface area (Å²) in [6, 6.07) is 6.90. The molecule has 1 N–H and O–H groups in total. The van der Waals surface area contributed by atoms with Crippen LogP contribution in [0.3, 0.4) is 0 Å². The fourth-order valence-electron chi connectivity index (χ4n) is 1.77. The summed E-state index contributed by atoms with van der Waals surface area (Å²) in [7, 11) is 4.86. The minimum Gasteiger partial charge on any atom is -0.504 e. The average molecular weight is 280 g/mol. The summed E-state index contributed by atoms with van der Waals surface area (Å²) >= 11 is 5.82. The van der Waals surface area contributed by atoms with E-state index in [4.69, 9.17) is 11.6 Å². The van der Waals surface area contributed by atoms with Crippen LogP contribution in [0.15, 0.2) is 24.3 Å². The lowest BCUT2D eigenvalue weighted by atomic mass is 10.1. The Morgan fingerprint density at radius 1 is 1.32 bits per heavy atom. The van der Waals surface area contributed by atoms with Crippen molar-refractivity contribution in [2.75, 3.05) is 14.1 Å². The number of aromatic hydroxyl groups is 1. The SMILES string of the molecule is CN(C)C(=O)c1c(O)c(-c2ccc(Cl)cc2)nn1C. The smallest absolute Gasteiger partial charge is 0.275 e. The fourth-order valence-corrected chi connectivity index (χ4v) is 1.89. The standard InChI is InChI=1S/C13H14ClN3O2/c1-16(2)13(19)11-12(18)10(15-17(11)3)8-4-6-9(14)7-5-8/h4-7,18H,1-3H3. The number of benzene rings is 1. The number of hydrogen-bond acceptors (Lipinski definition) is 3. The molecular weight excluding hydrogens is 266 g/mol. The lowest BCUT2D eigenvalue weighted by Gasteiger charge is -2.09. The monoisotopic (exact) mass is 279 g/mol. The summed E-state index contributed by atoms with van der Waals surface area (Å²) in [5.74, 6) is -0.420. The number of carbonyl (C=O) groups is 1.